The molecule has 8 heteroatoms. The van der Waals surface area contributed by atoms with Gasteiger partial charge < -0.3 is 4.74 Å². The Kier molecular flexibility index (Phi) is 5.18. The summed E-state index contributed by atoms with van der Waals surface area (Å²) in [5.74, 6) is -1.22. The molecule has 0 fully saturated rings. The van der Waals surface area contributed by atoms with E-state index in [1.807, 2.05) is 0 Å². The molecular formula is C15H12Cl2N2O4. The predicted molar refractivity (Wildman–Crippen MR) is 85.8 cm³/mol. The maximum Gasteiger partial charge on any atom is 0.343 e. The van der Waals surface area contributed by atoms with Gasteiger partial charge in [-0.05, 0) is 31.2 Å². The molecule has 0 saturated heterocycles. The molecule has 2 aromatic rings. The van der Waals surface area contributed by atoms with E-state index in [4.69, 9.17) is 27.9 Å². The number of carbonyl (C=O) groups excluding carboxylic acids is 2. The molecule has 120 valence electrons. The number of nitrogens with zero attached hydrogens (tertiary/aromatic N) is 2. The number of halogens is 2. The Labute approximate surface area is 141 Å². The predicted octanol–water partition coefficient (Wildman–Crippen LogP) is 2.92. The van der Waals surface area contributed by atoms with Gasteiger partial charge in [-0.1, -0.05) is 23.2 Å². The topological polar surface area (TPSA) is 78.3 Å². The molecule has 0 bridgehead atoms. The van der Waals surface area contributed by atoms with Gasteiger partial charge in [0, 0.05) is 6.92 Å². The molecule has 0 amide bonds. The Morgan fingerprint density at radius 1 is 1.22 bits per heavy atom. The van der Waals surface area contributed by atoms with Crippen molar-refractivity contribution < 1.29 is 14.3 Å². The fourth-order valence-electron chi connectivity index (χ4n) is 1.81. The van der Waals surface area contributed by atoms with E-state index in [-0.39, 0.29) is 28.6 Å². The van der Waals surface area contributed by atoms with Crippen molar-refractivity contribution in [3.8, 4) is 5.69 Å². The summed E-state index contributed by atoms with van der Waals surface area (Å²) >= 11 is 11.8. The third-order valence-corrected chi connectivity index (χ3v) is 3.65. The number of rotatable bonds is 4. The highest BCUT2D eigenvalue weighted by Gasteiger charge is 2.19. The quantitative estimate of drug-likeness (QED) is 0.623. The molecule has 0 aliphatic heterocycles. The van der Waals surface area contributed by atoms with Crippen molar-refractivity contribution in [3.63, 3.8) is 0 Å². The van der Waals surface area contributed by atoms with Crippen LogP contribution in [0, 0.1) is 0 Å². The lowest BCUT2D eigenvalue weighted by molar-refractivity contribution is 0.0523. The highest BCUT2D eigenvalue weighted by Crippen LogP contribution is 2.23. The van der Waals surface area contributed by atoms with Crippen molar-refractivity contribution >= 4 is 35.0 Å². The maximum atomic E-state index is 12.5. The first-order chi connectivity index (χ1) is 10.8. The zero-order chi connectivity index (χ0) is 17.1. The van der Waals surface area contributed by atoms with Gasteiger partial charge in [0.2, 0.25) is 0 Å². The van der Waals surface area contributed by atoms with Crippen molar-refractivity contribution in [2.75, 3.05) is 6.61 Å². The number of Topliss-reactive ketones (excluding diaryl/α,β-unsaturated/α-hetero) is 1. The second kappa shape index (κ2) is 6.93. The Morgan fingerprint density at radius 2 is 1.91 bits per heavy atom. The van der Waals surface area contributed by atoms with Crippen molar-refractivity contribution in [1.29, 1.82) is 0 Å². The lowest BCUT2D eigenvalue weighted by Crippen LogP contribution is -2.30. The first-order valence-corrected chi connectivity index (χ1v) is 7.38. The Hall–Kier alpha value is -2.18. The summed E-state index contributed by atoms with van der Waals surface area (Å²) < 4.78 is 5.76. The molecular weight excluding hydrogens is 343 g/mol. The second-order valence-corrected chi connectivity index (χ2v) is 5.35. The van der Waals surface area contributed by atoms with Gasteiger partial charge in [-0.2, -0.15) is 9.78 Å². The first kappa shape index (κ1) is 17.2. The van der Waals surface area contributed by atoms with Crippen molar-refractivity contribution in [3.05, 3.63) is 55.9 Å². The van der Waals surface area contributed by atoms with Crippen molar-refractivity contribution in [2.24, 2.45) is 0 Å². The van der Waals surface area contributed by atoms with Crippen LogP contribution in [0.4, 0.5) is 0 Å². The second-order valence-electron chi connectivity index (χ2n) is 4.54. The van der Waals surface area contributed by atoms with Crippen molar-refractivity contribution in [2.45, 2.75) is 13.8 Å². The SMILES string of the molecule is CCOC(=O)c1cc(C(C)=O)nn(-c2ccc(Cl)c(Cl)c2)c1=O. The molecule has 0 spiro atoms. The van der Waals surface area contributed by atoms with Crippen LogP contribution in [-0.4, -0.2) is 28.1 Å². The fourth-order valence-corrected chi connectivity index (χ4v) is 2.11. The largest absolute Gasteiger partial charge is 0.462 e. The summed E-state index contributed by atoms with van der Waals surface area (Å²) in [4.78, 5) is 36.0. The molecule has 0 radical (unpaired) electrons. The number of benzene rings is 1. The summed E-state index contributed by atoms with van der Waals surface area (Å²) in [7, 11) is 0. The molecule has 0 atom stereocenters. The van der Waals surface area contributed by atoms with Crippen LogP contribution < -0.4 is 5.56 Å². The molecule has 23 heavy (non-hydrogen) atoms. The molecule has 0 unspecified atom stereocenters. The minimum absolute atomic E-state index is 0.0428. The Bertz CT molecular complexity index is 846. The van der Waals surface area contributed by atoms with E-state index in [0.29, 0.717) is 5.02 Å². The van der Waals surface area contributed by atoms with Crippen LogP contribution in [0.2, 0.25) is 10.0 Å². The van der Waals surface area contributed by atoms with Gasteiger partial charge in [-0.3, -0.25) is 9.59 Å². The van der Waals surface area contributed by atoms with Gasteiger partial charge in [-0.15, -0.1) is 0 Å². The smallest absolute Gasteiger partial charge is 0.343 e. The average molecular weight is 355 g/mol. The van der Waals surface area contributed by atoms with E-state index in [1.165, 1.54) is 25.1 Å². The standard InChI is InChI=1S/C15H12Cl2N2O4/c1-3-23-15(22)10-7-13(8(2)20)18-19(14(10)21)9-4-5-11(16)12(17)6-9/h4-7H,3H2,1-2H3. The molecule has 2 rings (SSSR count). The van der Waals surface area contributed by atoms with E-state index < -0.39 is 17.3 Å². The maximum absolute atomic E-state index is 12.5. The third kappa shape index (κ3) is 3.60. The van der Waals surface area contributed by atoms with Crippen LogP contribution in [0.3, 0.4) is 0 Å². The normalized spacial score (nSPS) is 10.4. The summed E-state index contributed by atoms with van der Waals surface area (Å²) in [6, 6.07) is 5.52. The molecule has 1 aromatic heterocycles. The number of hydrogen-bond acceptors (Lipinski definition) is 5. The number of esters is 1. The Balaban J connectivity index is 2.71. The number of hydrogen-bond donors (Lipinski definition) is 0. The lowest BCUT2D eigenvalue weighted by Gasteiger charge is -2.09. The van der Waals surface area contributed by atoms with Crippen molar-refractivity contribution in [1.82, 2.24) is 9.78 Å². The summed E-state index contributed by atoms with van der Waals surface area (Å²) in [5.41, 5.74) is -0.762. The van der Waals surface area contributed by atoms with E-state index in [1.54, 1.807) is 6.92 Å². The van der Waals surface area contributed by atoms with Crippen LogP contribution in [0.1, 0.15) is 34.7 Å². The van der Waals surface area contributed by atoms with Gasteiger partial charge in [-0.25, -0.2) is 4.79 Å². The van der Waals surface area contributed by atoms with Gasteiger partial charge in [0.25, 0.3) is 5.56 Å². The molecule has 6 nitrogen and oxygen atoms in total. The zero-order valence-electron chi connectivity index (χ0n) is 12.3. The van der Waals surface area contributed by atoms with Gasteiger partial charge in [0.05, 0.1) is 22.3 Å². The molecule has 0 aliphatic carbocycles. The first-order valence-electron chi connectivity index (χ1n) is 6.63. The van der Waals surface area contributed by atoms with Gasteiger partial charge in [0.15, 0.2) is 5.78 Å². The molecule has 0 N–H and O–H groups in total. The lowest BCUT2D eigenvalue weighted by atomic mass is 10.2. The van der Waals surface area contributed by atoms with Crippen LogP contribution in [0.25, 0.3) is 5.69 Å². The monoisotopic (exact) mass is 354 g/mol. The van der Waals surface area contributed by atoms with E-state index in [2.05, 4.69) is 5.10 Å². The highest BCUT2D eigenvalue weighted by atomic mass is 35.5. The summed E-state index contributed by atoms with van der Waals surface area (Å²) in [5, 5.41) is 4.48. The fraction of sp³-hybridized carbons (Fsp3) is 0.200. The molecule has 0 saturated carbocycles. The number of aromatic nitrogens is 2. The summed E-state index contributed by atoms with van der Waals surface area (Å²) in [6.45, 7) is 2.99. The van der Waals surface area contributed by atoms with Crippen LogP contribution in [0.15, 0.2) is 29.1 Å². The zero-order valence-corrected chi connectivity index (χ0v) is 13.8. The van der Waals surface area contributed by atoms with E-state index >= 15 is 0 Å². The van der Waals surface area contributed by atoms with Crippen LogP contribution in [0.5, 0.6) is 0 Å². The average Bonchev–Trinajstić information content (AvgIpc) is 2.50. The molecule has 0 aliphatic rings. The number of carbonyl (C=O) groups is 2. The van der Waals surface area contributed by atoms with E-state index in [0.717, 1.165) is 10.7 Å². The summed E-state index contributed by atoms with van der Waals surface area (Å²) in [6.07, 6.45) is 0. The Morgan fingerprint density at radius 3 is 2.48 bits per heavy atom. The van der Waals surface area contributed by atoms with Crippen LogP contribution in [-0.2, 0) is 4.74 Å². The van der Waals surface area contributed by atoms with Crippen LogP contribution >= 0.6 is 23.2 Å². The minimum Gasteiger partial charge on any atom is -0.462 e. The third-order valence-electron chi connectivity index (χ3n) is 2.92. The molecule has 1 heterocycles. The minimum atomic E-state index is -0.823. The number of ketones is 1. The number of ether oxygens (including phenoxy) is 1. The molecule has 1 aromatic carbocycles. The van der Waals surface area contributed by atoms with E-state index in [9.17, 15) is 14.4 Å². The van der Waals surface area contributed by atoms with Gasteiger partial charge >= 0.3 is 5.97 Å². The highest BCUT2D eigenvalue weighted by molar-refractivity contribution is 6.42. The van der Waals surface area contributed by atoms with Gasteiger partial charge in [0.1, 0.15) is 11.3 Å².